The number of carbonyl (C=O) groups is 2. The Kier molecular flexibility index (Phi) is 11.0. The van der Waals surface area contributed by atoms with Gasteiger partial charge in [0, 0.05) is 17.6 Å². The second-order valence-electron chi connectivity index (χ2n) is 9.39. The Morgan fingerprint density at radius 3 is 2.12 bits per heavy atom. The summed E-state index contributed by atoms with van der Waals surface area (Å²) in [6, 6.07) is 20.6. The van der Waals surface area contributed by atoms with Gasteiger partial charge in [0.1, 0.15) is 18.3 Å². The van der Waals surface area contributed by atoms with Crippen LogP contribution in [0.3, 0.4) is 0 Å². The number of carbonyl (C=O) groups excluding carboxylic acids is 2. The van der Waals surface area contributed by atoms with Crippen molar-refractivity contribution in [2.75, 3.05) is 17.5 Å². The quantitative estimate of drug-likeness (QED) is 0.295. The number of hydrogen-bond acceptors (Lipinski definition) is 5. The Hall–Kier alpha value is -3.56. The summed E-state index contributed by atoms with van der Waals surface area (Å²) in [5, 5.41) is 3.31. The molecule has 2 atom stereocenters. The van der Waals surface area contributed by atoms with Gasteiger partial charge in [-0.15, -0.1) is 0 Å². The third-order valence-corrected chi connectivity index (χ3v) is 8.52. The van der Waals surface area contributed by atoms with Crippen molar-refractivity contribution in [1.82, 2.24) is 10.2 Å². The molecule has 0 aliphatic carbocycles. The lowest BCUT2D eigenvalue weighted by molar-refractivity contribution is -0.139. The minimum absolute atomic E-state index is 0.0178. The van der Waals surface area contributed by atoms with Crippen LogP contribution in [0.2, 0.25) is 5.02 Å². The summed E-state index contributed by atoms with van der Waals surface area (Å²) in [5.74, 6) is -0.267. The van der Waals surface area contributed by atoms with Gasteiger partial charge in [0.25, 0.3) is 10.0 Å². The van der Waals surface area contributed by atoms with E-state index in [1.165, 1.54) is 29.2 Å². The smallest absolute Gasteiger partial charge is 0.264 e. The minimum atomic E-state index is -4.18. The molecule has 0 radical (unpaired) electrons. The van der Waals surface area contributed by atoms with Crippen LogP contribution in [-0.2, 0) is 26.2 Å². The average Bonchev–Trinajstić information content (AvgIpc) is 2.95. The topological polar surface area (TPSA) is 96.0 Å². The van der Waals surface area contributed by atoms with Crippen LogP contribution in [0.4, 0.5) is 5.69 Å². The number of benzene rings is 3. The molecule has 214 valence electrons. The molecule has 3 aromatic carbocycles. The van der Waals surface area contributed by atoms with Gasteiger partial charge in [0.2, 0.25) is 11.8 Å². The molecule has 1 N–H and O–H groups in total. The molecule has 8 nitrogen and oxygen atoms in total. The van der Waals surface area contributed by atoms with Crippen LogP contribution in [0, 0.1) is 0 Å². The Morgan fingerprint density at radius 2 is 1.55 bits per heavy atom. The van der Waals surface area contributed by atoms with Crippen molar-refractivity contribution < 1.29 is 22.7 Å². The fourth-order valence-electron chi connectivity index (χ4n) is 3.97. The normalized spacial score (nSPS) is 12.7. The van der Waals surface area contributed by atoms with E-state index in [1.54, 1.807) is 31.2 Å². The second kappa shape index (κ2) is 14.2. The molecule has 0 aliphatic heterocycles. The van der Waals surface area contributed by atoms with E-state index >= 15 is 0 Å². The molecule has 3 aromatic rings. The first kappa shape index (κ1) is 31.0. The molecule has 0 bridgehead atoms. The fourth-order valence-corrected chi connectivity index (χ4v) is 5.51. The Balaban J connectivity index is 2.01. The molecule has 3 rings (SSSR count). The maximum atomic E-state index is 13.9. The lowest BCUT2D eigenvalue weighted by atomic mass is 10.1. The zero-order valence-corrected chi connectivity index (χ0v) is 24.8. The molecular weight excluding hydrogens is 550 g/mol. The molecule has 0 aliphatic rings. The van der Waals surface area contributed by atoms with Crippen molar-refractivity contribution in [3.8, 4) is 5.75 Å². The lowest BCUT2D eigenvalue weighted by Crippen LogP contribution is -2.52. The summed E-state index contributed by atoms with van der Waals surface area (Å²) in [6.45, 7) is 7.41. The van der Waals surface area contributed by atoms with Gasteiger partial charge in [-0.05, 0) is 81.3 Å². The molecule has 0 saturated heterocycles. The van der Waals surface area contributed by atoms with Crippen LogP contribution < -0.4 is 14.4 Å². The third kappa shape index (κ3) is 7.99. The summed E-state index contributed by atoms with van der Waals surface area (Å²) >= 11 is 6.00. The first-order valence-corrected chi connectivity index (χ1v) is 15.0. The monoisotopic (exact) mass is 585 g/mol. The zero-order chi connectivity index (χ0) is 29.3. The molecule has 10 heteroatoms. The molecule has 0 spiro atoms. The molecule has 2 amide bonds. The molecular formula is C30H36ClN3O5S. The van der Waals surface area contributed by atoms with Gasteiger partial charge in [-0.1, -0.05) is 48.9 Å². The largest absolute Gasteiger partial charge is 0.494 e. The van der Waals surface area contributed by atoms with Gasteiger partial charge >= 0.3 is 0 Å². The third-order valence-electron chi connectivity index (χ3n) is 6.48. The average molecular weight is 586 g/mol. The highest BCUT2D eigenvalue weighted by molar-refractivity contribution is 7.92. The van der Waals surface area contributed by atoms with E-state index < -0.39 is 28.5 Å². The highest BCUT2D eigenvalue weighted by atomic mass is 35.5. The van der Waals surface area contributed by atoms with Crippen molar-refractivity contribution >= 4 is 39.1 Å². The van der Waals surface area contributed by atoms with Gasteiger partial charge < -0.3 is 15.0 Å². The van der Waals surface area contributed by atoms with Crippen LogP contribution in [0.5, 0.6) is 5.75 Å². The second-order valence-corrected chi connectivity index (χ2v) is 11.7. The van der Waals surface area contributed by atoms with Gasteiger partial charge in [-0.3, -0.25) is 13.9 Å². The highest BCUT2D eigenvalue weighted by Crippen LogP contribution is 2.27. The Labute approximate surface area is 241 Å². The number of sulfonamides is 1. The minimum Gasteiger partial charge on any atom is -0.494 e. The van der Waals surface area contributed by atoms with E-state index in [2.05, 4.69) is 5.32 Å². The number of rotatable bonds is 13. The lowest BCUT2D eigenvalue weighted by Gasteiger charge is -2.32. The van der Waals surface area contributed by atoms with Crippen molar-refractivity contribution in [1.29, 1.82) is 0 Å². The van der Waals surface area contributed by atoms with Gasteiger partial charge in [0.05, 0.1) is 17.2 Å². The number of halogens is 1. The maximum Gasteiger partial charge on any atom is 0.264 e. The molecule has 0 saturated carbocycles. The van der Waals surface area contributed by atoms with Crippen LogP contribution in [0.25, 0.3) is 0 Å². The van der Waals surface area contributed by atoms with Crippen molar-refractivity contribution in [3.63, 3.8) is 0 Å². The predicted molar refractivity (Wildman–Crippen MR) is 158 cm³/mol. The number of anilines is 1. The standard InChI is InChI=1S/C30H36ClN3O5S/c1-5-22(3)32-30(36)23(4)33(20-24-10-8-7-9-11-24)29(35)21-34(26-14-16-27(17-15-26)39-6-2)40(37,38)28-18-12-25(31)13-19-28/h7-19,22-23H,5-6,20-21H2,1-4H3,(H,32,36). The number of hydrogen-bond donors (Lipinski definition) is 1. The summed E-state index contributed by atoms with van der Waals surface area (Å²) in [7, 11) is -4.18. The first-order valence-electron chi connectivity index (χ1n) is 13.2. The van der Waals surface area contributed by atoms with Crippen LogP contribution in [0.15, 0.2) is 83.8 Å². The van der Waals surface area contributed by atoms with Crippen LogP contribution in [0.1, 0.15) is 39.7 Å². The van der Waals surface area contributed by atoms with Gasteiger partial charge in [0.15, 0.2) is 0 Å². The molecule has 0 aromatic heterocycles. The molecule has 0 heterocycles. The number of nitrogens with one attached hydrogen (secondary N) is 1. The summed E-state index contributed by atoms with van der Waals surface area (Å²) in [5.41, 5.74) is 1.09. The molecule has 2 unspecified atom stereocenters. The fraction of sp³-hybridized carbons (Fsp3) is 0.333. The van der Waals surface area contributed by atoms with E-state index in [-0.39, 0.29) is 29.1 Å². The van der Waals surface area contributed by atoms with E-state index in [1.807, 2.05) is 51.1 Å². The van der Waals surface area contributed by atoms with Gasteiger partial charge in [-0.2, -0.15) is 0 Å². The van der Waals surface area contributed by atoms with Crippen LogP contribution in [-0.4, -0.2) is 50.4 Å². The van der Waals surface area contributed by atoms with E-state index in [9.17, 15) is 18.0 Å². The van der Waals surface area contributed by atoms with E-state index in [0.717, 1.165) is 16.3 Å². The zero-order valence-electron chi connectivity index (χ0n) is 23.2. The molecule has 40 heavy (non-hydrogen) atoms. The maximum absolute atomic E-state index is 13.9. The number of amides is 2. The van der Waals surface area contributed by atoms with Gasteiger partial charge in [-0.25, -0.2) is 8.42 Å². The summed E-state index contributed by atoms with van der Waals surface area (Å²) in [4.78, 5) is 28.4. The Bertz CT molecular complexity index is 1370. The predicted octanol–water partition coefficient (Wildman–Crippen LogP) is 5.27. The van der Waals surface area contributed by atoms with Crippen LogP contribution >= 0.6 is 11.6 Å². The van der Waals surface area contributed by atoms with E-state index in [4.69, 9.17) is 16.3 Å². The SMILES string of the molecule is CCOc1ccc(N(CC(=O)N(Cc2ccccc2)C(C)C(=O)NC(C)CC)S(=O)(=O)c2ccc(Cl)cc2)cc1. The summed E-state index contributed by atoms with van der Waals surface area (Å²) in [6.07, 6.45) is 0.732. The van der Waals surface area contributed by atoms with Crippen molar-refractivity contribution in [2.24, 2.45) is 0 Å². The van der Waals surface area contributed by atoms with Crippen molar-refractivity contribution in [3.05, 3.63) is 89.4 Å². The Morgan fingerprint density at radius 1 is 0.925 bits per heavy atom. The van der Waals surface area contributed by atoms with Crippen molar-refractivity contribution in [2.45, 2.75) is 57.6 Å². The van der Waals surface area contributed by atoms with E-state index in [0.29, 0.717) is 17.4 Å². The summed E-state index contributed by atoms with van der Waals surface area (Å²) < 4.78 is 34.3. The number of ether oxygens (including phenoxy) is 1. The molecule has 0 fully saturated rings. The highest BCUT2D eigenvalue weighted by Gasteiger charge is 2.32. The first-order chi connectivity index (χ1) is 19.1. The number of nitrogens with zero attached hydrogens (tertiary/aromatic N) is 2.